The van der Waals surface area contributed by atoms with E-state index in [1.165, 1.54) is 0 Å². The van der Waals surface area contributed by atoms with Crippen molar-refractivity contribution in [3.8, 4) is 0 Å². The van der Waals surface area contributed by atoms with Crippen LogP contribution in [-0.2, 0) is 4.79 Å². The van der Waals surface area contributed by atoms with E-state index in [1.807, 2.05) is 6.20 Å². The van der Waals surface area contributed by atoms with Crippen molar-refractivity contribution in [1.82, 2.24) is 9.55 Å². The Hall–Kier alpha value is -1.32. The highest BCUT2D eigenvalue weighted by Gasteiger charge is 2.40. The number of carboxylic acid groups (broad SMARTS) is 1. The van der Waals surface area contributed by atoms with E-state index >= 15 is 0 Å². The maximum Gasteiger partial charge on any atom is 0.308 e. The molecular weight excluding hydrogens is 264 g/mol. The number of hydrogen-bond donors (Lipinski definition) is 1. The number of rotatable bonds is 3. The predicted molar refractivity (Wildman–Crippen MR) is 83.3 cm³/mol. The summed E-state index contributed by atoms with van der Waals surface area (Å²) in [5.74, 6) is 0.900. The monoisotopic (exact) mass is 292 g/mol. The zero-order valence-corrected chi connectivity index (χ0v) is 13.8. The number of hydrogen-bond acceptors (Lipinski definition) is 2. The molecule has 3 unspecified atom stereocenters. The normalized spacial score (nSPS) is 27.0. The largest absolute Gasteiger partial charge is 0.481 e. The lowest BCUT2D eigenvalue weighted by atomic mass is 9.67. The highest BCUT2D eigenvalue weighted by molar-refractivity contribution is 5.70. The van der Waals surface area contributed by atoms with E-state index in [0.717, 1.165) is 25.1 Å². The summed E-state index contributed by atoms with van der Waals surface area (Å²) in [6.07, 6.45) is 6.45. The summed E-state index contributed by atoms with van der Waals surface area (Å²) in [7, 11) is 0. The molecule has 1 aromatic heterocycles. The molecule has 0 amide bonds. The quantitative estimate of drug-likeness (QED) is 0.912. The van der Waals surface area contributed by atoms with Crippen molar-refractivity contribution in [3.63, 3.8) is 0 Å². The Balaban J connectivity index is 2.34. The fourth-order valence-electron chi connectivity index (χ4n) is 3.58. The second-order valence-corrected chi connectivity index (χ2v) is 7.74. The Morgan fingerprint density at radius 3 is 2.57 bits per heavy atom. The van der Waals surface area contributed by atoms with Gasteiger partial charge in [0.2, 0.25) is 0 Å². The van der Waals surface area contributed by atoms with Crippen LogP contribution in [0.3, 0.4) is 0 Å². The van der Waals surface area contributed by atoms with Gasteiger partial charge >= 0.3 is 5.97 Å². The van der Waals surface area contributed by atoms with Crippen LogP contribution in [0.15, 0.2) is 12.4 Å². The van der Waals surface area contributed by atoms with E-state index in [1.54, 1.807) is 6.20 Å². The van der Waals surface area contributed by atoms with Gasteiger partial charge in [-0.05, 0) is 30.6 Å². The fourth-order valence-corrected chi connectivity index (χ4v) is 3.58. The van der Waals surface area contributed by atoms with Crippen molar-refractivity contribution in [3.05, 3.63) is 18.2 Å². The van der Waals surface area contributed by atoms with Gasteiger partial charge in [-0.25, -0.2) is 4.98 Å². The SMILES string of the molecule is CC(C)c1nccn1C1CC(C(C)(C)C)CCC1C(=O)O. The van der Waals surface area contributed by atoms with E-state index in [0.29, 0.717) is 11.8 Å². The van der Waals surface area contributed by atoms with Crippen molar-refractivity contribution in [2.45, 2.75) is 65.8 Å². The van der Waals surface area contributed by atoms with Crippen molar-refractivity contribution in [2.24, 2.45) is 17.3 Å². The number of aromatic nitrogens is 2. The van der Waals surface area contributed by atoms with Crippen LogP contribution in [-0.4, -0.2) is 20.6 Å². The first kappa shape index (κ1) is 16.1. The maximum absolute atomic E-state index is 11.7. The number of carbonyl (C=O) groups is 1. The van der Waals surface area contributed by atoms with E-state index in [-0.39, 0.29) is 17.4 Å². The first-order valence-corrected chi connectivity index (χ1v) is 7.97. The lowest BCUT2D eigenvalue weighted by Gasteiger charge is -2.41. The van der Waals surface area contributed by atoms with Crippen molar-refractivity contribution < 1.29 is 9.90 Å². The molecule has 0 aliphatic heterocycles. The van der Waals surface area contributed by atoms with Crippen LogP contribution in [0.25, 0.3) is 0 Å². The summed E-state index contributed by atoms with van der Waals surface area (Å²) in [4.78, 5) is 16.1. The van der Waals surface area contributed by atoms with Gasteiger partial charge in [0, 0.05) is 24.4 Å². The number of aliphatic carboxylic acids is 1. The van der Waals surface area contributed by atoms with Gasteiger partial charge in [-0.3, -0.25) is 4.79 Å². The molecule has 1 saturated carbocycles. The van der Waals surface area contributed by atoms with Crippen LogP contribution in [0.5, 0.6) is 0 Å². The summed E-state index contributed by atoms with van der Waals surface area (Å²) >= 11 is 0. The van der Waals surface area contributed by atoms with Gasteiger partial charge in [0.05, 0.1) is 5.92 Å². The summed E-state index contributed by atoms with van der Waals surface area (Å²) in [6.45, 7) is 11.0. The molecule has 21 heavy (non-hydrogen) atoms. The van der Waals surface area contributed by atoms with Crippen LogP contribution >= 0.6 is 0 Å². The lowest BCUT2D eigenvalue weighted by Crippen LogP contribution is -2.37. The molecule has 4 nitrogen and oxygen atoms in total. The van der Waals surface area contributed by atoms with Crippen LogP contribution in [0.4, 0.5) is 0 Å². The van der Waals surface area contributed by atoms with Crippen LogP contribution in [0.2, 0.25) is 0 Å². The average molecular weight is 292 g/mol. The summed E-state index contributed by atoms with van der Waals surface area (Å²) in [5.41, 5.74) is 0.223. The molecule has 1 aliphatic carbocycles. The molecule has 1 aliphatic rings. The lowest BCUT2D eigenvalue weighted by molar-refractivity contribution is -0.145. The van der Waals surface area contributed by atoms with Gasteiger partial charge in [0.15, 0.2) is 0 Å². The van der Waals surface area contributed by atoms with Gasteiger partial charge in [-0.1, -0.05) is 34.6 Å². The fraction of sp³-hybridized carbons (Fsp3) is 0.765. The third-order valence-electron chi connectivity index (χ3n) is 4.93. The summed E-state index contributed by atoms with van der Waals surface area (Å²) < 4.78 is 2.13. The first-order chi connectivity index (χ1) is 9.71. The summed E-state index contributed by atoms with van der Waals surface area (Å²) in [5, 5.41) is 9.59. The highest BCUT2D eigenvalue weighted by atomic mass is 16.4. The highest BCUT2D eigenvalue weighted by Crippen LogP contribution is 2.45. The Labute approximate surface area is 127 Å². The number of imidazole rings is 1. The van der Waals surface area contributed by atoms with Crippen LogP contribution in [0, 0.1) is 17.3 Å². The molecule has 1 heterocycles. The molecule has 0 saturated heterocycles. The summed E-state index contributed by atoms with van der Waals surface area (Å²) in [6, 6.07) is 0.0281. The molecule has 2 rings (SSSR count). The first-order valence-electron chi connectivity index (χ1n) is 7.97. The second-order valence-electron chi connectivity index (χ2n) is 7.74. The van der Waals surface area contributed by atoms with Crippen molar-refractivity contribution >= 4 is 5.97 Å². The Morgan fingerprint density at radius 1 is 1.38 bits per heavy atom. The van der Waals surface area contributed by atoms with E-state index in [9.17, 15) is 9.90 Å². The maximum atomic E-state index is 11.7. The van der Waals surface area contributed by atoms with Crippen molar-refractivity contribution in [1.29, 1.82) is 0 Å². The minimum Gasteiger partial charge on any atom is -0.481 e. The second kappa shape index (κ2) is 5.82. The molecule has 3 atom stereocenters. The Kier molecular flexibility index (Phi) is 4.45. The van der Waals surface area contributed by atoms with Gasteiger partial charge in [-0.15, -0.1) is 0 Å². The smallest absolute Gasteiger partial charge is 0.308 e. The molecule has 1 N–H and O–H groups in total. The molecule has 1 fully saturated rings. The molecule has 118 valence electrons. The molecule has 0 radical (unpaired) electrons. The standard InChI is InChI=1S/C17H28N2O2/c1-11(2)15-18-8-9-19(15)14-10-12(17(3,4)5)6-7-13(14)16(20)21/h8-9,11-14H,6-7,10H2,1-5H3,(H,20,21). The average Bonchev–Trinajstić information content (AvgIpc) is 2.85. The molecule has 1 aromatic rings. The van der Waals surface area contributed by atoms with E-state index in [2.05, 4.69) is 44.2 Å². The minimum absolute atomic E-state index is 0.0281. The molecule has 0 spiro atoms. The minimum atomic E-state index is -0.671. The molecular formula is C17H28N2O2. The molecule has 0 bridgehead atoms. The molecule has 0 aromatic carbocycles. The van der Waals surface area contributed by atoms with E-state index in [4.69, 9.17) is 0 Å². The van der Waals surface area contributed by atoms with Gasteiger partial charge in [-0.2, -0.15) is 0 Å². The number of carboxylic acids is 1. The Morgan fingerprint density at radius 2 is 2.05 bits per heavy atom. The van der Waals surface area contributed by atoms with E-state index < -0.39 is 5.97 Å². The Bertz CT molecular complexity index is 499. The molecule has 4 heteroatoms. The number of nitrogens with zero attached hydrogens (tertiary/aromatic N) is 2. The zero-order chi connectivity index (χ0) is 15.8. The predicted octanol–water partition coefficient (Wildman–Crippen LogP) is 4.09. The van der Waals surface area contributed by atoms with Gasteiger partial charge in [0.25, 0.3) is 0 Å². The zero-order valence-electron chi connectivity index (χ0n) is 13.8. The third-order valence-corrected chi connectivity index (χ3v) is 4.93. The van der Waals surface area contributed by atoms with Crippen LogP contribution < -0.4 is 0 Å². The van der Waals surface area contributed by atoms with Crippen molar-refractivity contribution in [2.75, 3.05) is 0 Å². The topological polar surface area (TPSA) is 55.1 Å². The van der Waals surface area contributed by atoms with Gasteiger partial charge in [0.1, 0.15) is 5.82 Å². The van der Waals surface area contributed by atoms with Crippen LogP contribution in [0.1, 0.15) is 71.7 Å². The van der Waals surface area contributed by atoms with Gasteiger partial charge < -0.3 is 9.67 Å². The third kappa shape index (κ3) is 3.30.